The summed E-state index contributed by atoms with van der Waals surface area (Å²) in [5.41, 5.74) is 5.31. The highest BCUT2D eigenvalue weighted by Crippen LogP contribution is 2.44. The van der Waals surface area contributed by atoms with E-state index < -0.39 is 18.1 Å². The lowest BCUT2D eigenvalue weighted by Gasteiger charge is -2.17. The molecule has 7 heteroatoms. The highest BCUT2D eigenvalue weighted by molar-refractivity contribution is 6.32. The lowest BCUT2D eigenvalue weighted by atomic mass is 9.98. The molecule has 33 heavy (non-hydrogen) atoms. The Morgan fingerprint density at radius 2 is 1.67 bits per heavy atom. The van der Waals surface area contributed by atoms with E-state index in [1.807, 2.05) is 36.4 Å². The zero-order valence-corrected chi connectivity index (χ0v) is 18.8. The van der Waals surface area contributed by atoms with E-state index in [9.17, 15) is 14.7 Å². The standard InChI is InChI=1S/C26H24ClNO5/c1-32-24-14-16(10-12-22(24)27)11-13-23(25(29)30)28-26(31)33-15-21-19-8-4-2-6-17(19)18-7-3-5-9-20(18)21/h2-10,12,14,21,23H,11,13,15H2,1H3,(H,28,31)(H,29,30). The summed E-state index contributed by atoms with van der Waals surface area (Å²) in [5.74, 6) is -0.692. The molecule has 170 valence electrons. The summed E-state index contributed by atoms with van der Waals surface area (Å²) < 4.78 is 10.7. The first-order chi connectivity index (χ1) is 16.0. The van der Waals surface area contributed by atoms with Gasteiger partial charge < -0.3 is 19.9 Å². The van der Waals surface area contributed by atoms with Crippen molar-refractivity contribution in [2.24, 2.45) is 0 Å². The fourth-order valence-electron chi connectivity index (χ4n) is 4.21. The topological polar surface area (TPSA) is 84.9 Å². The minimum atomic E-state index is -1.12. The molecule has 0 heterocycles. The van der Waals surface area contributed by atoms with Gasteiger partial charge in [0.1, 0.15) is 18.4 Å². The summed E-state index contributed by atoms with van der Waals surface area (Å²) in [6, 6.07) is 20.2. The molecule has 1 aliphatic carbocycles. The molecule has 0 aliphatic heterocycles. The van der Waals surface area contributed by atoms with Crippen LogP contribution in [0.5, 0.6) is 5.75 Å². The average molecular weight is 466 g/mol. The first-order valence-corrected chi connectivity index (χ1v) is 11.0. The second kappa shape index (κ2) is 9.96. The Morgan fingerprint density at radius 3 is 2.27 bits per heavy atom. The molecule has 1 unspecified atom stereocenters. The number of alkyl carbamates (subject to hydrolysis) is 1. The molecule has 0 saturated carbocycles. The first kappa shape index (κ1) is 22.7. The van der Waals surface area contributed by atoms with E-state index in [1.54, 1.807) is 18.2 Å². The predicted octanol–water partition coefficient (Wildman–Crippen LogP) is 5.27. The van der Waals surface area contributed by atoms with Crippen molar-refractivity contribution >= 4 is 23.7 Å². The summed E-state index contributed by atoms with van der Waals surface area (Å²) in [5, 5.41) is 12.5. The van der Waals surface area contributed by atoms with Crippen molar-refractivity contribution in [1.29, 1.82) is 0 Å². The smallest absolute Gasteiger partial charge is 0.407 e. The quantitative estimate of drug-likeness (QED) is 0.473. The highest BCUT2D eigenvalue weighted by atomic mass is 35.5. The molecule has 3 aromatic carbocycles. The van der Waals surface area contributed by atoms with E-state index in [-0.39, 0.29) is 18.9 Å². The molecule has 0 radical (unpaired) electrons. The third kappa shape index (κ3) is 4.96. The van der Waals surface area contributed by atoms with Crippen molar-refractivity contribution in [3.05, 3.63) is 88.4 Å². The molecule has 2 N–H and O–H groups in total. The van der Waals surface area contributed by atoms with Crippen molar-refractivity contribution in [3.8, 4) is 16.9 Å². The number of benzene rings is 3. The van der Waals surface area contributed by atoms with E-state index in [0.717, 1.165) is 27.8 Å². The van der Waals surface area contributed by atoms with Gasteiger partial charge in [-0.05, 0) is 52.8 Å². The summed E-state index contributed by atoms with van der Waals surface area (Å²) in [6.45, 7) is 0.126. The van der Waals surface area contributed by atoms with Crippen LogP contribution in [0.2, 0.25) is 5.02 Å². The molecule has 1 amide bonds. The van der Waals surface area contributed by atoms with Gasteiger partial charge in [-0.1, -0.05) is 66.2 Å². The molecule has 0 aromatic heterocycles. The Morgan fingerprint density at radius 1 is 1.03 bits per heavy atom. The van der Waals surface area contributed by atoms with Gasteiger partial charge in [-0.25, -0.2) is 9.59 Å². The third-order valence-corrected chi connectivity index (χ3v) is 6.18. The Kier molecular flexibility index (Phi) is 6.84. The molecule has 3 aromatic rings. The maximum absolute atomic E-state index is 12.5. The fourth-order valence-corrected chi connectivity index (χ4v) is 4.41. The summed E-state index contributed by atoms with van der Waals surface area (Å²) >= 11 is 6.04. The number of halogens is 1. The van der Waals surface area contributed by atoms with Gasteiger partial charge in [-0.2, -0.15) is 0 Å². The monoisotopic (exact) mass is 465 g/mol. The number of aryl methyl sites for hydroxylation is 1. The van der Waals surface area contributed by atoms with Crippen LogP contribution in [0.3, 0.4) is 0 Å². The SMILES string of the molecule is COc1cc(CCC(NC(=O)OCC2c3ccccc3-c3ccccc32)C(=O)O)ccc1Cl. The Bertz CT molecular complexity index is 1130. The van der Waals surface area contributed by atoms with Crippen molar-refractivity contribution in [3.63, 3.8) is 0 Å². The Balaban J connectivity index is 1.38. The number of nitrogens with one attached hydrogen (secondary N) is 1. The Hall–Kier alpha value is -3.51. The minimum absolute atomic E-state index is 0.0899. The van der Waals surface area contributed by atoms with E-state index in [4.69, 9.17) is 21.1 Å². The van der Waals surface area contributed by atoms with E-state index in [0.29, 0.717) is 17.2 Å². The third-order valence-electron chi connectivity index (χ3n) is 5.87. The zero-order valence-electron chi connectivity index (χ0n) is 18.1. The van der Waals surface area contributed by atoms with Gasteiger partial charge in [0.2, 0.25) is 0 Å². The van der Waals surface area contributed by atoms with Crippen molar-refractivity contribution in [1.82, 2.24) is 5.32 Å². The van der Waals surface area contributed by atoms with Gasteiger partial charge in [-0.3, -0.25) is 0 Å². The number of carboxylic acid groups (broad SMARTS) is 1. The second-order valence-corrected chi connectivity index (χ2v) is 8.28. The fraction of sp³-hybridized carbons (Fsp3) is 0.231. The van der Waals surface area contributed by atoms with Crippen LogP contribution in [0.25, 0.3) is 11.1 Å². The van der Waals surface area contributed by atoms with Crippen LogP contribution in [-0.2, 0) is 16.0 Å². The van der Waals surface area contributed by atoms with Crippen LogP contribution >= 0.6 is 11.6 Å². The van der Waals surface area contributed by atoms with Gasteiger partial charge in [0.15, 0.2) is 0 Å². The van der Waals surface area contributed by atoms with E-state index in [2.05, 4.69) is 17.4 Å². The second-order valence-electron chi connectivity index (χ2n) is 7.87. The number of carboxylic acids is 1. The average Bonchev–Trinajstić information content (AvgIpc) is 3.15. The van der Waals surface area contributed by atoms with E-state index in [1.165, 1.54) is 7.11 Å². The maximum Gasteiger partial charge on any atom is 0.407 e. The number of amides is 1. The van der Waals surface area contributed by atoms with Crippen molar-refractivity contribution < 1.29 is 24.2 Å². The van der Waals surface area contributed by atoms with Crippen LogP contribution in [0, 0.1) is 0 Å². The summed E-state index contributed by atoms with van der Waals surface area (Å²) in [7, 11) is 1.52. The lowest BCUT2D eigenvalue weighted by molar-refractivity contribution is -0.139. The van der Waals surface area contributed by atoms with Gasteiger partial charge in [0.05, 0.1) is 12.1 Å². The predicted molar refractivity (Wildman–Crippen MR) is 126 cm³/mol. The van der Waals surface area contributed by atoms with Crippen molar-refractivity contribution in [2.75, 3.05) is 13.7 Å². The molecule has 1 aliphatic rings. The number of ether oxygens (including phenoxy) is 2. The van der Waals surface area contributed by atoms with E-state index >= 15 is 0 Å². The van der Waals surface area contributed by atoms with Crippen molar-refractivity contribution in [2.45, 2.75) is 24.8 Å². The van der Waals surface area contributed by atoms with Crippen LogP contribution in [0.4, 0.5) is 4.79 Å². The molecule has 0 spiro atoms. The van der Waals surface area contributed by atoms with Crippen LogP contribution in [0.1, 0.15) is 29.0 Å². The van der Waals surface area contributed by atoms with Gasteiger partial charge in [-0.15, -0.1) is 0 Å². The number of carbonyl (C=O) groups is 2. The lowest BCUT2D eigenvalue weighted by Crippen LogP contribution is -2.41. The normalized spacial score (nSPS) is 13.0. The summed E-state index contributed by atoms with van der Waals surface area (Å²) in [6.07, 6.45) is -0.128. The maximum atomic E-state index is 12.5. The largest absolute Gasteiger partial charge is 0.495 e. The number of carbonyl (C=O) groups excluding carboxylic acids is 1. The number of hydrogen-bond acceptors (Lipinski definition) is 4. The molecule has 6 nitrogen and oxygen atoms in total. The number of methoxy groups -OCH3 is 1. The molecule has 4 rings (SSSR count). The molecule has 0 saturated heterocycles. The highest BCUT2D eigenvalue weighted by Gasteiger charge is 2.29. The molecular weight excluding hydrogens is 442 g/mol. The van der Waals surface area contributed by atoms with Gasteiger partial charge in [0.25, 0.3) is 0 Å². The molecule has 0 fully saturated rings. The van der Waals surface area contributed by atoms with Gasteiger partial charge >= 0.3 is 12.1 Å². The number of fused-ring (bicyclic) bond motifs is 3. The van der Waals surface area contributed by atoms with Crippen LogP contribution in [-0.4, -0.2) is 36.9 Å². The zero-order chi connectivity index (χ0) is 23.4. The minimum Gasteiger partial charge on any atom is -0.495 e. The first-order valence-electron chi connectivity index (χ1n) is 10.6. The molecule has 0 bridgehead atoms. The van der Waals surface area contributed by atoms with Crippen LogP contribution in [0.15, 0.2) is 66.7 Å². The number of hydrogen-bond donors (Lipinski definition) is 2. The van der Waals surface area contributed by atoms with Gasteiger partial charge in [0, 0.05) is 5.92 Å². The summed E-state index contributed by atoms with van der Waals surface area (Å²) in [4.78, 5) is 24.2. The molecular formula is C26H24ClNO5. The molecule has 1 atom stereocenters. The van der Waals surface area contributed by atoms with Crippen LogP contribution < -0.4 is 10.1 Å². The Labute approximate surface area is 197 Å². The number of aliphatic carboxylic acids is 1. The number of rotatable bonds is 8.